The number of hydrogen-bond donors (Lipinski definition) is 1. The summed E-state index contributed by atoms with van der Waals surface area (Å²) < 4.78 is 3.87. The molecular weight excluding hydrogens is 412 g/mol. The second-order valence-corrected chi connectivity index (χ2v) is 8.95. The van der Waals surface area contributed by atoms with Crippen LogP contribution >= 0.6 is 0 Å². The minimum Gasteiger partial charge on any atom is -0.352 e. The number of carbonyl (C=O) groups excluding carboxylic acids is 1. The molecule has 0 aliphatic rings. The maximum Gasteiger partial charge on any atom is 0.252 e. The van der Waals surface area contributed by atoms with Gasteiger partial charge in [-0.05, 0) is 52.7 Å². The fourth-order valence-electron chi connectivity index (χ4n) is 4.21. The molecular formula is C26H32N6O. The predicted molar refractivity (Wildman–Crippen MR) is 131 cm³/mol. The number of benzene rings is 1. The van der Waals surface area contributed by atoms with Gasteiger partial charge in [-0.25, -0.2) is 9.67 Å². The van der Waals surface area contributed by atoms with Gasteiger partial charge in [-0.2, -0.15) is 10.2 Å². The number of fused-ring (bicyclic) bond motifs is 1. The third-order valence-corrected chi connectivity index (χ3v) is 5.97. The molecule has 7 heteroatoms. The Labute approximate surface area is 194 Å². The standard InChI is InChI=1S/C26H32N6O/c1-7-31-25-24(20(6)30-31)22(13-23(28-25)21-10-8-16(2)9-11-21)26(33)27-14-17(3)15-32-19(5)12-18(4)29-32/h8-13,17H,7,14-15H2,1-6H3,(H,27,33)/t17-/m0/s1. The van der Waals surface area contributed by atoms with Crippen molar-refractivity contribution in [3.8, 4) is 11.3 Å². The van der Waals surface area contributed by atoms with Crippen LogP contribution in [0, 0.1) is 33.6 Å². The van der Waals surface area contributed by atoms with Crippen LogP contribution in [0.25, 0.3) is 22.3 Å². The smallest absolute Gasteiger partial charge is 0.252 e. The van der Waals surface area contributed by atoms with Crippen molar-refractivity contribution in [3.05, 3.63) is 64.6 Å². The molecule has 0 aliphatic heterocycles. The van der Waals surface area contributed by atoms with Gasteiger partial charge in [-0.3, -0.25) is 9.48 Å². The molecule has 1 aromatic carbocycles. The molecule has 0 saturated heterocycles. The summed E-state index contributed by atoms with van der Waals surface area (Å²) in [6, 6.07) is 12.2. The van der Waals surface area contributed by atoms with E-state index in [1.165, 1.54) is 5.56 Å². The molecule has 0 bridgehead atoms. The lowest BCUT2D eigenvalue weighted by Crippen LogP contribution is -2.30. The van der Waals surface area contributed by atoms with Gasteiger partial charge >= 0.3 is 0 Å². The third kappa shape index (κ3) is 4.67. The van der Waals surface area contributed by atoms with Crippen LogP contribution in [-0.4, -0.2) is 37.0 Å². The summed E-state index contributed by atoms with van der Waals surface area (Å²) in [6.45, 7) is 14.2. The van der Waals surface area contributed by atoms with E-state index in [9.17, 15) is 4.79 Å². The first-order valence-corrected chi connectivity index (χ1v) is 11.5. The molecule has 4 aromatic rings. The third-order valence-electron chi connectivity index (χ3n) is 5.97. The van der Waals surface area contributed by atoms with Crippen molar-refractivity contribution in [3.63, 3.8) is 0 Å². The summed E-state index contributed by atoms with van der Waals surface area (Å²) in [4.78, 5) is 18.3. The number of amides is 1. The maximum atomic E-state index is 13.4. The summed E-state index contributed by atoms with van der Waals surface area (Å²) >= 11 is 0. The van der Waals surface area contributed by atoms with Crippen molar-refractivity contribution in [1.29, 1.82) is 0 Å². The highest BCUT2D eigenvalue weighted by Crippen LogP contribution is 2.27. The van der Waals surface area contributed by atoms with Crippen LogP contribution in [0.2, 0.25) is 0 Å². The van der Waals surface area contributed by atoms with E-state index in [-0.39, 0.29) is 11.8 Å². The van der Waals surface area contributed by atoms with Gasteiger partial charge in [0.25, 0.3) is 5.91 Å². The summed E-state index contributed by atoms with van der Waals surface area (Å²) in [5.74, 6) is 0.134. The van der Waals surface area contributed by atoms with Gasteiger partial charge in [0.2, 0.25) is 0 Å². The van der Waals surface area contributed by atoms with Crippen molar-refractivity contribution in [2.45, 2.75) is 54.6 Å². The second kappa shape index (κ2) is 9.17. The Balaban J connectivity index is 1.63. The molecule has 3 aromatic heterocycles. The lowest BCUT2D eigenvalue weighted by molar-refractivity contribution is 0.0948. The van der Waals surface area contributed by atoms with Gasteiger partial charge in [-0.15, -0.1) is 0 Å². The van der Waals surface area contributed by atoms with Crippen LogP contribution in [0.3, 0.4) is 0 Å². The first-order valence-electron chi connectivity index (χ1n) is 11.5. The number of hydrogen-bond acceptors (Lipinski definition) is 4. The van der Waals surface area contributed by atoms with E-state index >= 15 is 0 Å². The molecule has 1 amide bonds. The Morgan fingerprint density at radius 2 is 1.76 bits per heavy atom. The molecule has 0 saturated carbocycles. The molecule has 0 aliphatic carbocycles. The molecule has 172 valence electrons. The van der Waals surface area contributed by atoms with E-state index < -0.39 is 0 Å². The lowest BCUT2D eigenvalue weighted by atomic mass is 10.0. The van der Waals surface area contributed by atoms with Crippen molar-refractivity contribution in [2.24, 2.45) is 5.92 Å². The minimum atomic E-state index is -0.102. The minimum absolute atomic E-state index is 0.102. The predicted octanol–water partition coefficient (Wildman–Crippen LogP) is 4.61. The number of carbonyl (C=O) groups is 1. The van der Waals surface area contributed by atoms with Crippen LogP contribution in [0.1, 0.15) is 46.9 Å². The van der Waals surface area contributed by atoms with E-state index in [1.807, 2.05) is 48.3 Å². The summed E-state index contributed by atoms with van der Waals surface area (Å²) in [6.07, 6.45) is 0. The molecule has 0 radical (unpaired) electrons. The topological polar surface area (TPSA) is 77.6 Å². The first kappa shape index (κ1) is 22.7. The molecule has 3 heterocycles. The summed E-state index contributed by atoms with van der Waals surface area (Å²) in [5.41, 5.74) is 7.26. The van der Waals surface area contributed by atoms with Crippen molar-refractivity contribution in [1.82, 2.24) is 29.9 Å². The Bertz CT molecular complexity index is 1300. The number of aromatic nitrogens is 5. The van der Waals surface area contributed by atoms with Crippen molar-refractivity contribution in [2.75, 3.05) is 6.54 Å². The average Bonchev–Trinajstić information content (AvgIpc) is 3.29. The van der Waals surface area contributed by atoms with Gasteiger partial charge in [0.1, 0.15) is 0 Å². The quantitative estimate of drug-likeness (QED) is 0.451. The summed E-state index contributed by atoms with van der Waals surface area (Å²) in [7, 11) is 0. The SMILES string of the molecule is CCn1nc(C)c2c(C(=O)NC[C@H](C)Cn3nc(C)cc3C)cc(-c3ccc(C)cc3)nc21. The average molecular weight is 445 g/mol. The zero-order valence-corrected chi connectivity index (χ0v) is 20.3. The highest BCUT2D eigenvalue weighted by molar-refractivity contribution is 6.07. The first-order chi connectivity index (χ1) is 15.8. The molecule has 7 nitrogen and oxygen atoms in total. The van der Waals surface area contributed by atoms with Crippen LogP contribution < -0.4 is 5.32 Å². The van der Waals surface area contributed by atoms with E-state index in [2.05, 4.69) is 54.5 Å². The zero-order chi connectivity index (χ0) is 23.7. The van der Waals surface area contributed by atoms with E-state index in [4.69, 9.17) is 4.98 Å². The Morgan fingerprint density at radius 3 is 2.39 bits per heavy atom. The van der Waals surface area contributed by atoms with Gasteiger partial charge in [0.15, 0.2) is 5.65 Å². The fourth-order valence-corrected chi connectivity index (χ4v) is 4.21. The van der Waals surface area contributed by atoms with Crippen LogP contribution in [-0.2, 0) is 13.1 Å². The summed E-state index contributed by atoms with van der Waals surface area (Å²) in [5, 5.41) is 13.1. The Hall–Kier alpha value is -3.48. The molecule has 4 rings (SSSR count). The number of rotatable bonds is 7. The molecule has 0 fully saturated rings. The zero-order valence-electron chi connectivity index (χ0n) is 20.3. The lowest BCUT2D eigenvalue weighted by Gasteiger charge is -2.15. The van der Waals surface area contributed by atoms with Crippen LogP contribution in [0.5, 0.6) is 0 Å². The maximum absolute atomic E-state index is 13.4. The monoisotopic (exact) mass is 444 g/mol. The molecule has 1 atom stereocenters. The van der Waals surface area contributed by atoms with E-state index in [0.29, 0.717) is 18.7 Å². The Kier molecular flexibility index (Phi) is 6.31. The van der Waals surface area contributed by atoms with Gasteiger partial charge in [0.05, 0.1) is 28.0 Å². The molecule has 33 heavy (non-hydrogen) atoms. The number of nitrogens with zero attached hydrogens (tertiary/aromatic N) is 5. The number of nitrogens with one attached hydrogen (secondary N) is 1. The number of aryl methyl sites for hydroxylation is 5. The largest absolute Gasteiger partial charge is 0.352 e. The van der Waals surface area contributed by atoms with E-state index in [1.54, 1.807) is 0 Å². The molecule has 1 N–H and O–H groups in total. The highest BCUT2D eigenvalue weighted by Gasteiger charge is 2.20. The Morgan fingerprint density at radius 1 is 1.03 bits per heavy atom. The van der Waals surface area contributed by atoms with Crippen LogP contribution in [0.15, 0.2) is 36.4 Å². The fraction of sp³-hybridized carbons (Fsp3) is 0.385. The highest BCUT2D eigenvalue weighted by atomic mass is 16.1. The van der Waals surface area contributed by atoms with Gasteiger partial charge in [0, 0.05) is 30.9 Å². The molecule has 0 spiro atoms. The van der Waals surface area contributed by atoms with Crippen LogP contribution in [0.4, 0.5) is 0 Å². The van der Waals surface area contributed by atoms with Crippen molar-refractivity contribution >= 4 is 16.9 Å². The van der Waals surface area contributed by atoms with Gasteiger partial charge < -0.3 is 5.32 Å². The van der Waals surface area contributed by atoms with E-state index in [0.717, 1.165) is 45.9 Å². The van der Waals surface area contributed by atoms with Crippen molar-refractivity contribution < 1.29 is 4.79 Å². The second-order valence-electron chi connectivity index (χ2n) is 8.95. The number of pyridine rings is 1. The van der Waals surface area contributed by atoms with Gasteiger partial charge in [-0.1, -0.05) is 36.8 Å². The normalized spacial score (nSPS) is 12.3. The molecule has 0 unspecified atom stereocenters.